The van der Waals surface area contributed by atoms with Crippen molar-refractivity contribution in [1.29, 1.82) is 0 Å². The molecule has 2 unspecified atom stereocenters. The minimum Gasteiger partial charge on any atom is -0.481 e. The Bertz CT molecular complexity index is 324. The first kappa shape index (κ1) is 16.7. The van der Waals surface area contributed by atoms with Crippen LogP contribution in [-0.4, -0.2) is 66.6 Å². The number of rotatable bonds is 7. The lowest BCUT2D eigenvalue weighted by Gasteiger charge is -2.31. The van der Waals surface area contributed by atoms with Crippen molar-refractivity contribution in [3.63, 3.8) is 0 Å². The van der Waals surface area contributed by atoms with Gasteiger partial charge in [-0.05, 0) is 12.8 Å². The van der Waals surface area contributed by atoms with Crippen molar-refractivity contribution in [3.8, 4) is 0 Å². The number of carboxylic acid groups (broad SMARTS) is 1. The molecule has 0 heterocycles. The van der Waals surface area contributed by atoms with Crippen LogP contribution in [-0.2, 0) is 9.53 Å². The molecule has 2 amide bonds. The topological polar surface area (TPSA) is 99.1 Å². The third-order valence-corrected chi connectivity index (χ3v) is 3.61. The fourth-order valence-electron chi connectivity index (χ4n) is 2.49. The number of amides is 2. The average Bonchev–Trinajstić information content (AvgIpc) is 2.43. The van der Waals surface area contributed by atoms with Gasteiger partial charge in [-0.25, -0.2) is 4.79 Å². The number of ether oxygens (including phenoxy) is 1. The molecule has 1 fully saturated rings. The highest BCUT2D eigenvalue weighted by molar-refractivity contribution is 5.77. The molecule has 7 heteroatoms. The molecule has 7 nitrogen and oxygen atoms in total. The van der Waals surface area contributed by atoms with E-state index in [0.717, 1.165) is 12.8 Å². The van der Waals surface area contributed by atoms with E-state index in [1.807, 2.05) is 0 Å². The lowest BCUT2D eigenvalue weighted by Crippen LogP contribution is -2.51. The predicted octanol–water partition coefficient (Wildman–Crippen LogP) is 0.280. The van der Waals surface area contributed by atoms with Gasteiger partial charge in [0.1, 0.15) is 0 Å². The number of nitrogens with zero attached hydrogens (tertiary/aromatic N) is 1. The number of carbonyl (C=O) groups excluding carboxylic acids is 1. The van der Waals surface area contributed by atoms with E-state index in [4.69, 9.17) is 9.84 Å². The van der Waals surface area contributed by atoms with Crippen LogP contribution in [0.4, 0.5) is 4.79 Å². The highest BCUT2D eigenvalue weighted by atomic mass is 16.5. The number of hydrogen-bond acceptors (Lipinski definition) is 4. The lowest BCUT2D eigenvalue weighted by atomic mass is 9.84. The fourth-order valence-corrected chi connectivity index (χ4v) is 2.49. The molecule has 1 saturated carbocycles. The van der Waals surface area contributed by atoms with E-state index in [9.17, 15) is 14.7 Å². The zero-order valence-corrected chi connectivity index (χ0v) is 11.9. The first-order valence-corrected chi connectivity index (χ1v) is 6.98. The van der Waals surface area contributed by atoms with Gasteiger partial charge in [0.2, 0.25) is 0 Å². The first-order chi connectivity index (χ1) is 9.60. The molecular formula is C13H24N2O5. The van der Waals surface area contributed by atoms with Gasteiger partial charge in [0.05, 0.1) is 19.1 Å². The standard InChI is InChI=1S/C13H24N2O5/c1-20-9-7-15(6-8-16)13(19)14-11-5-3-2-4-10(11)12(17)18/h10-11,16H,2-9H2,1H3,(H,14,19)(H,17,18). The van der Waals surface area contributed by atoms with Gasteiger partial charge in [0.25, 0.3) is 0 Å². The molecule has 1 aliphatic rings. The smallest absolute Gasteiger partial charge is 0.317 e. The number of nitrogens with one attached hydrogen (secondary N) is 1. The van der Waals surface area contributed by atoms with Gasteiger partial charge < -0.3 is 25.2 Å². The van der Waals surface area contributed by atoms with Crippen LogP contribution in [0.2, 0.25) is 0 Å². The highest BCUT2D eigenvalue weighted by Gasteiger charge is 2.32. The Labute approximate surface area is 118 Å². The minimum absolute atomic E-state index is 0.135. The number of methoxy groups -OCH3 is 1. The Kier molecular flexibility index (Phi) is 7.32. The van der Waals surface area contributed by atoms with Crippen LogP contribution >= 0.6 is 0 Å². The molecule has 20 heavy (non-hydrogen) atoms. The molecule has 2 atom stereocenters. The maximum atomic E-state index is 12.1. The summed E-state index contributed by atoms with van der Waals surface area (Å²) in [6, 6.07) is -0.674. The molecule has 1 rings (SSSR count). The van der Waals surface area contributed by atoms with Gasteiger partial charge in [0.15, 0.2) is 0 Å². The van der Waals surface area contributed by atoms with E-state index >= 15 is 0 Å². The molecule has 1 aliphatic carbocycles. The number of carboxylic acids is 1. The van der Waals surface area contributed by atoms with Crippen LogP contribution in [0.25, 0.3) is 0 Å². The van der Waals surface area contributed by atoms with Crippen molar-refractivity contribution in [1.82, 2.24) is 10.2 Å². The van der Waals surface area contributed by atoms with Crippen LogP contribution in [0.3, 0.4) is 0 Å². The molecule has 0 spiro atoms. The Morgan fingerprint density at radius 1 is 1.30 bits per heavy atom. The Hall–Kier alpha value is -1.34. The second-order valence-corrected chi connectivity index (χ2v) is 4.99. The summed E-state index contributed by atoms with van der Waals surface area (Å²) >= 11 is 0. The van der Waals surface area contributed by atoms with Crippen molar-refractivity contribution < 1.29 is 24.5 Å². The van der Waals surface area contributed by atoms with E-state index in [-0.39, 0.29) is 25.2 Å². The van der Waals surface area contributed by atoms with Crippen molar-refractivity contribution in [2.24, 2.45) is 5.92 Å². The first-order valence-electron chi connectivity index (χ1n) is 6.98. The predicted molar refractivity (Wildman–Crippen MR) is 72.4 cm³/mol. The molecule has 116 valence electrons. The molecular weight excluding hydrogens is 264 g/mol. The summed E-state index contributed by atoms with van der Waals surface area (Å²) in [7, 11) is 1.54. The number of aliphatic hydroxyl groups excluding tert-OH is 1. The zero-order chi connectivity index (χ0) is 15.0. The van der Waals surface area contributed by atoms with E-state index in [1.54, 1.807) is 0 Å². The summed E-state index contributed by atoms with van der Waals surface area (Å²) in [5, 5.41) is 20.9. The van der Waals surface area contributed by atoms with E-state index in [1.165, 1.54) is 12.0 Å². The number of aliphatic hydroxyl groups is 1. The van der Waals surface area contributed by atoms with Gasteiger partial charge in [-0.1, -0.05) is 12.8 Å². The van der Waals surface area contributed by atoms with Crippen LogP contribution in [0.15, 0.2) is 0 Å². The molecule has 0 bridgehead atoms. The van der Waals surface area contributed by atoms with Crippen molar-refractivity contribution in [3.05, 3.63) is 0 Å². The summed E-state index contributed by atoms with van der Waals surface area (Å²) in [4.78, 5) is 24.8. The Morgan fingerprint density at radius 3 is 2.60 bits per heavy atom. The molecule has 0 saturated heterocycles. The number of carbonyl (C=O) groups is 2. The summed E-state index contributed by atoms with van der Waals surface area (Å²) in [5.41, 5.74) is 0. The van der Waals surface area contributed by atoms with Crippen molar-refractivity contribution in [2.45, 2.75) is 31.7 Å². The lowest BCUT2D eigenvalue weighted by molar-refractivity contribution is -0.143. The molecule has 0 aliphatic heterocycles. The molecule has 0 aromatic heterocycles. The normalized spacial score (nSPS) is 22.3. The fraction of sp³-hybridized carbons (Fsp3) is 0.846. The summed E-state index contributed by atoms with van der Waals surface area (Å²) in [5.74, 6) is -1.38. The summed E-state index contributed by atoms with van der Waals surface area (Å²) in [6.45, 7) is 0.817. The highest BCUT2D eigenvalue weighted by Crippen LogP contribution is 2.24. The van der Waals surface area contributed by atoms with E-state index in [2.05, 4.69) is 5.32 Å². The van der Waals surface area contributed by atoms with Crippen LogP contribution in [0, 0.1) is 5.92 Å². The summed E-state index contributed by atoms with van der Waals surface area (Å²) in [6.07, 6.45) is 3.08. The van der Waals surface area contributed by atoms with E-state index < -0.39 is 11.9 Å². The maximum absolute atomic E-state index is 12.1. The zero-order valence-electron chi connectivity index (χ0n) is 11.9. The molecule has 0 aromatic carbocycles. The molecule has 3 N–H and O–H groups in total. The second kappa shape index (κ2) is 8.76. The van der Waals surface area contributed by atoms with Gasteiger partial charge >= 0.3 is 12.0 Å². The van der Waals surface area contributed by atoms with Gasteiger partial charge in [-0.2, -0.15) is 0 Å². The average molecular weight is 288 g/mol. The van der Waals surface area contributed by atoms with Crippen molar-refractivity contribution >= 4 is 12.0 Å². The number of urea groups is 1. The quantitative estimate of drug-likeness (QED) is 0.625. The minimum atomic E-state index is -0.861. The third-order valence-electron chi connectivity index (χ3n) is 3.61. The van der Waals surface area contributed by atoms with Gasteiger partial charge in [0, 0.05) is 26.2 Å². The van der Waals surface area contributed by atoms with Crippen molar-refractivity contribution in [2.75, 3.05) is 33.4 Å². The number of hydrogen-bond donors (Lipinski definition) is 3. The second-order valence-electron chi connectivity index (χ2n) is 4.99. The Morgan fingerprint density at radius 2 is 2.00 bits per heavy atom. The number of aliphatic carboxylic acids is 1. The largest absolute Gasteiger partial charge is 0.481 e. The third kappa shape index (κ3) is 4.97. The van der Waals surface area contributed by atoms with Gasteiger partial charge in [-0.15, -0.1) is 0 Å². The van der Waals surface area contributed by atoms with Crippen LogP contribution in [0.5, 0.6) is 0 Å². The Balaban J connectivity index is 2.57. The SMILES string of the molecule is COCCN(CCO)C(=O)NC1CCCCC1C(=O)O. The van der Waals surface area contributed by atoms with E-state index in [0.29, 0.717) is 26.0 Å². The monoisotopic (exact) mass is 288 g/mol. The van der Waals surface area contributed by atoms with Crippen LogP contribution < -0.4 is 5.32 Å². The van der Waals surface area contributed by atoms with Crippen LogP contribution in [0.1, 0.15) is 25.7 Å². The molecule has 0 aromatic rings. The molecule has 0 radical (unpaired) electrons. The summed E-state index contributed by atoms with van der Waals surface area (Å²) < 4.78 is 4.92. The maximum Gasteiger partial charge on any atom is 0.317 e. The van der Waals surface area contributed by atoms with Gasteiger partial charge in [-0.3, -0.25) is 4.79 Å².